The lowest BCUT2D eigenvalue weighted by Crippen LogP contribution is -2.42. The number of ether oxygens (including phenoxy) is 1. The summed E-state index contributed by atoms with van der Waals surface area (Å²) in [4.78, 5) is 27.5. The second-order valence-electron chi connectivity index (χ2n) is 6.32. The highest BCUT2D eigenvalue weighted by molar-refractivity contribution is 7.09. The summed E-state index contributed by atoms with van der Waals surface area (Å²) in [6, 6.07) is 5.87. The summed E-state index contributed by atoms with van der Waals surface area (Å²) >= 11 is 1.24. The first-order valence-corrected chi connectivity index (χ1v) is 8.93. The topological polar surface area (TPSA) is 51.5 Å². The Hall–Kier alpha value is -2.08. The number of carbonyl (C=O) groups excluding carboxylic acids is 1. The lowest BCUT2D eigenvalue weighted by Gasteiger charge is -2.33. The van der Waals surface area contributed by atoms with Crippen LogP contribution in [0.1, 0.15) is 29.5 Å². The van der Waals surface area contributed by atoms with Gasteiger partial charge in [0.1, 0.15) is 11.9 Å². The molecule has 0 aliphatic carbocycles. The van der Waals surface area contributed by atoms with E-state index in [9.17, 15) is 9.59 Å². The third-order valence-electron chi connectivity index (χ3n) is 4.40. The number of rotatable bonds is 3. The van der Waals surface area contributed by atoms with Crippen LogP contribution in [0.15, 0.2) is 23.0 Å². The number of hydrogen-bond acceptors (Lipinski definition) is 4. The number of hydrogen-bond donors (Lipinski definition) is 0. The van der Waals surface area contributed by atoms with Crippen molar-refractivity contribution in [1.29, 1.82) is 0 Å². The summed E-state index contributed by atoms with van der Waals surface area (Å²) in [7, 11) is 0. The Morgan fingerprint density at radius 3 is 2.75 bits per heavy atom. The Kier molecular flexibility index (Phi) is 4.49. The molecule has 2 heterocycles. The van der Waals surface area contributed by atoms with Gasteiger partial charge in [-0.15, -0.1) is 0 Å². The highest BCUT2D eigenvalue weighted by Crippen LogP contribution is 2.34. The van der Waals surface area contributed by atoms with Gasteiger partial charge in [-0.05, 0) is 45.4 Å². The maximum atomic E-state index is 12.8. The molecule has 1 aliphatic rings. The fourth-order valence-corrected chi connectivity index (χ4v) is 3.83. The molecule has 1 aliphatic heterocycles. The summed E-state index contributed by atoms with van der Waals surface area (Å²) < 4.78 is 7.54. The maximum absolute atomic E-state index is 12.8. The molecule has 2 aromatic rings. The molecule has 1 aromatic carbocycles. The first-order valence-electron chi connectivity index (χ1n) is 8.11. The fourth-order valence-electron chi connectivity index (χ4n) is 2.97. The van der Waals surface area contributed by atoms with Crippen LogP contribution in [-0.4, -0.2) is 23.1 Å². The minimum atomic E-state index is -0.0453. The second kappa shape index (κ2) is 6.43. The van der Waals surface area contributed by atoms with E-state index in [4.69, 9.17) is 4.74 Å². The van der Waals surface area contributed by atoms with Crippen molar-refractivity contribution in [2.45, 2.75) is 46.8 Å². The van der Waals surface area contributed by atoms with Crippen LogP contribution in [0.2, 0.25) is 0 Å². The predicted octanol–water partition coefficient (Wildman–Crippen LogP) is 3.04. The zero-order valence-corrected chi connectivity index (χ0v) is 15.3. The molecule has 0 saturated heterocycles. The van der Waals surface area contributed by atoms with Gasteiger partial charge < -0.3 is 14.2 Å². The molecule has 0 bridgehead atoms. The number of carbonyl (C=O) groups is 1. The molecule has 3 rings (SSSR count). The lowest BCUT2D eigenvalue weighted by molar-refractivity contribution is -0.119. The fraction of sp³-hybridized carbons (Fsp3) is 0.444. The number of anilines is 1. The van der Waals surface area contributed by atoms with Crippen LogP contribution in [0.3, 0.4) is 0 Å². The van der Waals surface area contributed by atoms with Crippen molar-refractivity contribution in [3.05, 3.63) is 44.0 Å². The monoisotopic (exact) mass is 346 g/mol. The zero-order valence-electron chi connectivity index (χ0n) is 14.5. The molecular formula is C18H22N2O3S. The smallest absolute Gasteiger partial charge is 0.307 e. The number of benzene rings is 1. The minimum Gasteiger partial charge on any atom is -0.487 e. The van der Waals surface area contributed by atoms with E-state index in [0.29, 0.717) is 19.5 Å². The van der Waals surface area contributed by atoms with E-state index in [0.717, 1.165) is 27.6 Å². The summed E-state index contributed by atoms with van der Waals surface area (Å²) in [5.41, 5.74) is 2.87. The molecule has 6 heteroatoms. The molecular weight excluding hydrogens is 324 g/mol. The van der Waals surface area contributed by atoms with Crippen molar-refractivity contribution in [2.24, 2.45) is 0 Å². The van der Waals surface area contributed by atoms with E-state index >= 15 is 0 Å². The van der Waals surface area contributed by atoms with E-state index in [1.165, 1.54) is 11.3 Å². The van der Waals surface area contributed by atoms with Gasteiger partial charge in [0.25, 0.3) is 0 Å². The van der Waals surface area contributed by atoms with Gasteiger partial charge in [0, 0.05) is 23.5 Å². The van der Waals surface area contributed by atoms with Crippen LogP contribution < -0.4 is 14.5 Å². The quantitative estimate of drug-likeness (QED) is 0.858. The average molecular weight is 346 g/mol. The van der Waals surface area contributed by atoms with Gasteiger partial charge in [-0.1, -0.05) is 17.4 Å². The van der Waals surface area contributed by atoms with E-state index in [-0.39, 0.29) is 16.9 Å². The molecule has 0 spiro atoms. The minimum absolute atomic E-state index is 0.00386. The summed E-state index contributed by atoms with van der Waals surface area (Å²) in [6.07, 6.45) is 0.257. The van der Waals surface area contributed by atoms with Gasteiger partial charge >= 0.3 is 4.87 Å². The zero-order chi connectivity index (χ0) is 17.4. The molecule has 1 amide bonds. The van der Waals surface area contributed by atoms with Gasteiger partial charge in [0.05, 0.1) is 12.2 Å². The lowest BCUT2D eigenvalue weighted by atomic mass is 10.1. The third-order valence-corrected chi connectivity index (χ3v) is 5.40. The van der Waals surface area contributed by atoms with Gasteiger partial charge in [0.15, 0.2) is 0 Å². The van der Waals surface area contributed by atoms with Crippen molar-refractivity contribution in [2.75, 3.05) is 11.4 Å². The van der Waals surface area contributed by atoms with E-state index < -0.39 is 0 Å². The molecule has 0 radical (unpaired) electrons. The molecule has 1 unspecified atom stereocenters. The van der Waals surface area contributed by atoms with Crippen LogP contribution in [0.25, 0.3) is 0 Å². The molecule has 1 atom stereocenters. The van der Waals surface area contributed by atoms with Crippen molar-refractivity contribution < 1.29 is 9.53 Å². The van der Waals surface area contributed by atoms with E-state index in [2.05, 4.69) is 0 Å². The largest absolute Gasteiger partial charge is 0.487 e. The highest BCUT2D eigenvalue weighted by Gasteiger charge is 2.27. The molecule has 0 fully saturated rings. The van der Waals surface area contributed by atoms with Crippen LogP contribution in [0.5, 0.6) is 5.75 Å². The van der Waals surface area contributed by atoms with Gasteiger partial charge in [-0.2, -0.15) is 0 Å². The van der Waals surface area contributed by atoms with E-state index in [1.807, 2.05) is 45.9 Å². The first-order chi connectivity index (χ1) is 11.4. The molecule has 5 nitrogen and oxygen atoms in total. The summed E-state index contributed by atoms with van der Waals surface area (Å²) in [5.74, 6) is 0.771. The van der Waals surface area contributed by atoms with Crippen molar-refractivity contribution in [3.63, 3.8) is 0 Å². The van der Waals surface area contributed by atoms with Gasteiger partial charge in [-0.25, -0.2) is 0 Å². The average Bonchev–Trinajstić information content (AvgIpc) is 2.76. The predicted molar refractivity (Wildman–Crippen MR) is 96.3 cm³/mol. The number of aryl methyl sites for hydroxylation is 2. The Morgan fingerprint density at radius 1 is 1.33 bits per heavy atom. The number of nitrogens with zero attached hydrogens (tertiary/aromatic N) is 2. The molecule has 0 saturated carbocycles. The Morgan fingerprint density at radius 2 is 2.08 bits per heavy atom. The van der Waals surface area contributed by atoms with Gasteiger partial charge in [0.2, 0.25) is 5.91 Å². The maximum Gasteiger partial charge on any atom is 0.307 e. The van der Waals surface area contributed by atoms with Crippen LogP contribution >= 0.6 is 11.3 Å². The van der Waals surface area contributed by atoms with Crippen LogP contribution in [0, 0.1) is 20.8 Å². The molecule has 0 N–H and O–H groups in total. The summed E-state index contributed by atoms with van der Waals surface area (Å²) in [5, 5.41) is 0. The Balaban J connectivity index is 1.79. The number of aromatic nitrogens is 1. The standard InChI is InChI=1S/C18H22N2O3S/c1-11-5-6-15-16(9-11)23-12(2)10-20(15)17(21)7-8-19-13(3)14(4)24-18(19)22/h5-6,9,12H,7-8,10H2,1-4H3. The summed E-state index contributed by atoms with van der Waals surface area (Å²) in [6.45, 7) is 8.77. The SMILES string of the molecule is Cc1ccc2c(c1)OC(C)CN2C(=O)CCn1c(C)c(C)sc1=O. The number of fused-ring (bicyclic) bond motifs is 1. The molecule has 24 heavy (non-hydrogen) atoms. The number of amides is 1. The van der Waals surface area contributed by atoms with Gasteiger partial charge in [-0.3, -0.25) is 9.59 Å². The first kappa shape index (κ1) is 16.8. The molecule has 128 valence electrons. The van der Waals surface area contributed by atoms with Crippen molar-refractivity contribution >= 4 is 22.9 Å². The normalized spacial score (nSPS) is 16.7. The van der Waals surface area contributed by atoms with Crippen molar-refractivity contribution in [1.82, 2.24) is 4.57 Å². The Bertz CT molecular complexity index is 837. The second-order valence-corrected chi connectivity index (χ2v) is 7.48. The van der Waals surface area contributed by atoms with E-state index in [1.54, 1.807) is 9.47 Å². The van der Waals surface area contributed by atoms with Crippen molar-refractivity contribution in [3.8, 4) is 5.75 Å². The van der Waals surface area contributed by atoms with Crippen LogP contribution in [-0.2, 0) is 11.3 Å². The Labute approximate surface area is 145 Å². The molecule has 1 aromatic heterocycles. The third kappa shape index (κ3) is 3.11. The van der Waals surface area contributed by atoms with Crippen LogP contribution in [0.4, 0.5) is 5.69 Å². The number of thiazole rings is 1. The highest BCUT2D eigenvalue weighted by atomic mass is 32.1.